The Kier molecular flexibility index (Phi) is 5.03. The van der Waals surface area contributed by atoms with Gasteiger partial charge in [0.2, 0.25) is 5.91 Å². The van der Waals surface area contributed by atoms with E-state index in [1.807, 2.05) is 39.5 Å². The summed E-state index contributed by atoms with van der Waals surface area (Å²) in [5, 5.41) is 18.8. The number of carbonyl (C=O) groups excluding carboxylic acids is 1. The number of hydrogen-bond acceptors (Lipinski definition) is 3. The molecule has 0 spiro atoms. The number of phenolic OH excluding ortho intramolecular Hbond substituents is 2. The van der Waals surface area contributed by atoms with Crippen molar-refractivity contribution in [2.24, 2.45) is 5.92 Å². The highest BCUT2D eigenvalue weighted by Crippen LogP contribution is 2.27. The fourth-order valence-corrected chi connectivity index (χ4v) is 2.36. The molecule has 0 saturated heterocycles. The molecule has 4 heteroatoms. The first-order chi connectivity index (χ1) is 9.16. The Labute approximate surface area is 121 Å². The molecule has 0 fully saturated rings. The van der Waals surface area contributed by atoms with Gasteiger partial charge in [0.15, 0.2) is 11.5 Å². The van der Waals surface area contributed by atoms with Crippen LogP contribution in [0.3, 0.4) is 0 Å². The van der Waals surface area contributed by atoms with Crippen LogP contribution >= 0.6 is 0 Å². The standard InChI is InChI=1S/C16H25NO3/c1-6-17(16(3,4)5)15(20)11(2)9-12-7-8-13(18)14(19)10-12/h7-8,10-11,18-19H,6,9H2,1-5H3. The molecule has 0 radical (unpaired) electrons. The molecule has 1 amide bonds. The SMILES string of the molecule is CCN(C(=O)C(C)Cc1ccc(O)c(O)c1)C(C)(C)C. The molecule has 2 N–H and O–H groups in total. The lowest BCUT2D eigenvalue weighted by Crippen LogP contribution is -2.48. The predicted octanol–water partition coefficient (Wildman–Crippen LogP) is 2.92. The molecule has 0 bridgehead atoms. The average molecular weight is 279 g/mol. The van der Waals surface area contributed by atoms with Crippen LogP contribution in [0.4, 0.5) is 0 Å². The molecule has 1 rings (SSSR count). The third kappa shape index (κ3) is 3.89. The van der Waals surface area contributed by atoms with Gasteiger partial charge in [0.1, 0.15) is 0 Å². The number of aromatic hydroxyl groups is 2. The second kappa shape index (κ2) is 6.16. The lowest BCUT2D eigenvalue weighted by Gasteiger charge is -2.36. The Bertz CT molecular complexity index is 477. The third-order valence-electron chi connectivity index (χ3n) is 3.40. The van der Waals surface area contributed by atoms with E-state index >= 15 is 0 Å². The Hall–Kier alpha value is -1.71. The summed E-state index contributed by atoms with van der Waals surface area (Å²) in [7, 11) is 0. The average Bonchev–Trinajstić information content (AvgIpc) is 2.32. The van der Waals surface area contributed by atoms with E-state index in [0.29, 0.717) is 13.0 Å². The first-order valence-corrected chi connectivity index (χ1v) is 6.99. The maximum atomic E-state index is 12.5. The van der Waals surface area contributed by atoms with Crippen LogP contribution in [-0.2, 0) is 11.2 Å². The van der Waals surface area contributed by atoms with E-state index in [1.54, 1.807) is 6.07 Å². The molecule has 0 aliphatic rings. The zero-order valence-electron chi connectivity index (χ0n) is 13.0. The van der Waals surface area contributed by atoms with Crippen LogP contribution in [0.5, 0.6) is 11.5 Å². The van der Waals surface area contributed by atoms with Gasteiger partial charge in [0, 0.05) is 18.0 Å². The number of nitrogens with zero attached hydrogens (tertiary/aromatic N) is 1. The normalized spacial score (nSPS) is 13.1. The van der Waals surface area contributed by atoms with Crippen LogP contribution in [0.2, 0.25) is 0 Å². The van der Waals surface area contributed by atoms with Crippen molar-refractivity contribution in [1.82, 2.24) is 4.90 Å². The highest BCUT2D eigenvalue weighted by molar-refractivity contribution is 5.79. The van der Waals surface area contributed by atoms with Crippen LogP contribution in [-0.4, -0.2) is 33.1 Å². The summed E-state index contributed by atoms with van der Waals surface area (Å²) in [6, 6.07) is 4.68. The second-order valence-electron chi connectivity index (χ2n) is 6.18. The van der Waals surface area contributed by atoms with Crippen LogP contribution in [0.1, 0.15) is 40.2 Å². The van der Waals surface area contributed by atoms with Gasteiger partial charge in [-0.2, -0.15) is 0 Å². The van der Waals surface area contributed by atoms with Crippen molar-refractivity contribution in [2.75, 3.05) is 6.54 Å². The van der Waals surface area contributed by atoms with Gasteiger partial charge < -0.3 is 15.1 Å². The molecule has 4 nitrogen and oxygen atoms in total. The second-order valence-corrected chi connectivity index (χ2v) is 6.18. The first-order valence-electron chi connectivity index (χ1n) is 6.99. The lowest BCUT2D eigenvalue weighted by molar-refractivity contribution is -0.139. The van der Waals surface area contributed by atoms with Crippen molar-refractivity contribution in [1.29, 1.82) is 0 Å². The van der Waals surface area contributed by atoms with Gasteiger partial charge in [-0.25, -0.2) is 0 Å². The summed E-state index contributed by atoms with van der Waals surface area (Å²) < 4.78 is 0. The maximum Gasteiger partial charge on any atom is 0.226 e. The summed E-state index contributed by atoms with van der Waals surface area (Å²) in [4.78, 5) is 14.4. The molecular formula is C16H25NO3. The minimum absolute atomic E-state index is 0.104. The molecule has 0 aromatic heterocycles. The van der Waals surface area contributed by atoms with Gasteiger partial charge in [-0.05, 0) is 51.8 Å². The summed E-state index contributed by atoms with van der Waals surface area (Å²) in [5.41, 5.74) is 0.642. The van der Waals surface area contributed by atoms with Gasteiger partial charge in [-0.3, -0.25) is 4.79 Å². The van der Waals surface area contributed by atoms with Crippen LogP contribution < -0.4 is 0 Å². The highest BCUT2D eigenvalue weighted by Gasteiger charge is 2.28. The molecule has 0 saturated carbocycles. The Morgan fingerprint density at radius 2 is 1.85 bits per heavy atom. The topological polar surface area (TPSA) is 60.8 Å². The van der Waals surface area contributed by atoms with E-state index in [2.05, 4.69) is 0 Å². The molecular weight excluding hydrogens is 254 g/mol. The number of amides is 1. The minimum atomic E-state index is -0.197. The van der Waals surface area contributed by atoms with Crippen molar-refractivity contribution in [3.05, 3.63) is 23.8 Å². The maximum absolute atomic E-state index is 12.5. The van der Waals surface area contributed by atoms with E-state index in [-0.39, 0.29) is 28.9 Å². The van der Waals surface area contributed by atoms with Crippen LogP contribution in [0.25, 0.3) is 0 Å². The van der Waals surface area contributed by atoms with Gasteiger partial charge in [0.25, 0.3) is 0 Å². The summed E-state index contributed by atoms with van der Waals surface area (Å²) in [5.74, 6) is -0.353. The van der Waals surface area contributed by atoms with Crippen molar-refractivity contribution < 1.29 is 15.0 Å². The smallest absolute Gasteiger partial charge is 0.226 e. The van der Waals surface area contributed by atoms with Crippen LogP contribution in [0, 0.1) is 5.92 Å². The molecule has 0 heterocycles. The van der Waals surface area contributed by atoms with Crippen molar-refractivity contribution >= 4 is 5.91 Å². The zero-order valence-corrected chi connectivity index (χ0v) is 13.0. The monoisotopic (exact) mass is 279 g/mol. The largest absolute Gasteiger partial charge is 0.504 e. The predicted molar refractivity (Wildman–Crippen MR) is 79.8 cm³/mol. The van der Waals surface area contributed by atoms with E-state index in [0.717, 1.165) is 5.56 Å². The van der Waals surface area contributed by atoms with Crippen molar-refractivity contribution in [3.8, 4) is 11.5 Å². The van der Waals surface area contributed by atoms with E-state index in [9.17, 15) is 15.0 Å². The fourth-order valence-electron chi connectivity index (χ4n) is 2.36. The molecule has 0 aliphatic carbocycles. The minimum Gasteiger partial charge on any atom is -0.504 e. The Morgan fingerprint density at radius 3 is 2.30 bits per heavy atom. The lowest BCUT2D eigenvalue weighted by atomic mass is 9.96. The zero-order chi connectivity index (χ0) is 15.5. The van der Waals surface area contributed by atoms with Gasteiger partial charge >= 0.3 is 0 Å². The molecule has 1 unspecified atom stereocenters. The molecule has 20 heavy (non-hydrogen) atoms. The van der Waals surface area contributed by atoms with Crippen molar-refractivity contribution in [3.63, 3.8) is 0 Å². The number of hydrogen-bond donors (Lipinski definition) is 2. The summed E-state index contributed by atoms with van der Waals surface area (Å²) >= 11 is 0. The van der Waals surface area contributed by atoms with E-state index in [1.165, 1.54) is 12.1 Å². The third-order valence-corrected chi connectivity index (χ3v) is 3.40. The molecule has 0 aliphatic heterocycles. The number of carbonyl (C=O) groups is 1. The fraction of sp³-hybridized carbons (Fsp3) is 0.562. The Balaban J connectivity index is 2.82. The van der Waals surface area contributed by atoms with Crippen LogP contribution in [0.15, 0.2) is 18.2 Å². The quantitative estimate of drug-likeness (QED) is 0.833. The van der Waals surface area contributed by atoms with E-state index < -0.39 is 0 Å². The van der Waals surface area contributed by atoms with E-state index in [4.69, 9.17) is 0 Å². The molecule has 1 atom stereocenters. The summed E-state index contributed by atoms with van der Waals surface area (Å²) in [6.07, 6.45) is 0.541. The molecule has 1 aromatic rings. The molecule has 112 valence electrons. The van der Waals surface area contributed by atoms with Gasteiger partial charge in [-0.15, -0.1) is 0 Å². The number of benzene rings is 1. The number of phenols is 2. The summed E-state index contributed by atoms with van der Waals surface area (Å²) in [6.45, 7) is 10.6. The highest BCUT2D eigenvalue weighted by atomic mass is 16.3. The first kappa shape index (κ1) is 16.3. The van der Waals surface area contributed by atoms with Gasteiger partial charge in [-0.1, -0.05) is 13.0 Å². The number of rotatable bonds is 4. The molecule has 1 aromatic carbocycles. The van der Waals surface area contributed by atoms with Gasteiger partial charge in [0.05, 0.1) is 0 Å². The Morgan fingerprint density at radius 1 is 1.25 bits per heavy atom. The van der Waals surface area contributed by atoms with Crippen molar-refractivity contribution in [2.45, 2.75) is 46.6 Å².